The van der Waals surface area contributed by atoms with E-state index in [1.165, 1.54) is 0 Å². The summed E-state index contributed by atoms with van der Waals surface area (Å²) in [6, 6.07) is 7.85. The smallest absolute Gasteiger partial charge is 0.104 e. The molecule has 0 aliphatic heterocycles. The number of ether oxygens (including phenoxy) is 1. The number of nitrogens with two attached hydrogens (primary N) is 1. The Kier molecular flexibility index (Phi) is 5.09. The summed E-state index contributed by atoms with van der Waals surface area (Å²) >= 11 is 5.01. The van der Waals surface area contributed by atoms with Gasteiger partial charge < -0.3 is 10.5 Å². The largest absolute Gasteiger partial charge is 0.389 e. The molecule has 3 heteroatoms. The number of hydrogen-bond donors (Lipinski definition) is 1. The van der Waals surface area contributed by atoms with Gasteiger partial charge in [0, 0.05) is 12.2 Å². The van der Waals surface area contributed by atoms with Crippen molar-refractivity contribution in [2.45, 2.75) is 33.8 Å². The molecular formula is C14H21NOS. The summed E-state index contributed by atoms with van der Waals surface area (Å²) in [5.74, 6) is 0. The predicted octanol–water partition coefficient (Wildman–Crippen LogP) is 3.27. The van der Waals surface area contributed by atoms with E-state index < -0.39 is 0 Å². The monoisotopic (exact) mass is 251 g/mol. The molecule has 0 fully saturated rings. The normalized spacial score (nSPS) is 11.5. The fourth-order valence-electron chi connectivity index (χ4n) is 1.45. The summed E-state index contributed by atoms with van der Waals surface area (Å²) in [5, 5.41) is 0. The predicted molar refractivity (Wildman–Crippen MR) is 76.1 cm³/mol. The molecule has 0 amide bonds. The molecule has 0 aliphatic carbocycles. The van der Waals surface area contributed by atoms with Crippen LogP contribution in [0, 0.1) is 5.41 Å². The second-order valence-corrected chi connectivity index (χ2v) is 5.82. The molecule has 2 N–H and O–H groups in total. The molecule has 0 bridgehead atoms. The van der Waals surface area contributed by atoms with Crippen molar-refractivity contribution in [1.82, 2.24) is 0 Å². The van der Waals surface area contributed by atoms with Gasteiger partial charge in [0.2, 0.25) is 0 Å². The first-order valence-electron chi connectivity index (χ1n) is 5.85. The summed E-state index contributed by atoms with van der Waals surface area (Å²) in [6.45, 7) is 7.96. The van der Waals surface area contributed by atoms with Crippen molar-refractivity contribution in [2.75, 3.05) is 6.61 Å². The van der Waals surface area contributed by atoms with Crippen molar-refractivity contribution in [3.63, 3.8) is 0 Å². The highest BCUT2D eigenvalue weighted by Gasteiger charge is 2.10. The Morgan fingerprint density at radius 3 is 2.53 bits per heavy atom. The highest BCUT2D eigenvalue weighted by atomic mass is 32.1. The molecular weight excluding hydrogens is 230 g/mol. The Labute approximate surface area is 109 Å². The summed E-state index contributed by atoms with van der Waals surface area (Å²) < 4.78 is 5.67. The number of thiocarbonyl (C=S) groups is 1. The van der Waals surface area contributed by atoms with Crippen LogP contribution >= 0.6 is 12.2 Å². The topological polar surface area (TPSA) is 35.2 Å². The number of benzene rings is 1. The first-order chi connectivity index (χ1) is 7.90. The van der Waals surface area contributed by atoms with Crippen LogP contribution in [0.15, 0.2) is 24.3 Å². The second-order valence-electron chi connectivity index (χ2n) is 5.38. The van der Waals surface area contributed by atoms with Crippen LogP contribution in [0.4, 0.5) is 0 Å². The zero-order chi connectivity index (χ0) is 12.9. The highest BCUT2D eigenvalue weighted by Crippen LogP contribution is 2.18. The van der Waals surface area contributed by atoms with Crippen molar-refractivity contribution in [2.24, 2.45) is 11.1 Å². The van der Waals surface area contributed by atoms with Gasteiger partial charge in [-0.3, -0.25) is 0 Å². The van der Waals surface area contributed by atoms with Gasteiger partial charge in [0.15, 0.2) is 0 Å². The molecule has 0 unspecified atom stereocenters. The molecule has 94 valence electrons. The molecule has 1 aromatic rings. The Hall–Kier alpha value is -0.930. The van der Waals surface area contributed by atoms with Gasteiger partial charge in [-0.2, -0.15) is 0 Å². The van der Waals surface area contributed by atoms with Crippen LogP contribution in [0.2, 0.25) is 0 Å². The van der Waals surface area contributed by atoms with E-state index in [4.69, 9.17) is 22.7 Å². The molecule has 0 saturated heterocycles. The third-order valence-corrected chi connectivity index (χ3v) is 2.76. The van der Waals surface area contributed by atoms with Crippen LogP contribution in [0.5, 0.6) is 0 Å². The quantitative estimate of drug-likeness (QED) is 0.644. The van der Waals surface area contributed by atoms with E-state index in [2.05, 4.69) is 20.8 Å². The lowest BCUT2D eigenvalue weighted by Crippen LogP contribution is -2.14. The van der Waals surface area contributed by atoms with Crippen LogP contribution in [0.3, 0.4) is 0 Å². The van der Waals surface area contributed by atoms with E-state index in [1.54, 1.807) is 0 Å². The molecule has 0 spiro atoms. The average Bonchev–Trinajstić information content (AvgIpc) is 2.23. The van der Waals surface area contributed by atoms with Gasteiger partial charge in [-0.05, 0) is 17.4 Å². The van der Waals surface area contributed by atoms with Gasteiger partial charge in [-0.15, -0.1) is 0 Å². The van der Waals surface area contributed by atoms with Crippen molar-refractivity contribution in [3.8, 4) is 0 Å². The van der Waals surface area contributed by atoms with E-state index >= 15 is 0 Å². The number of rotatable bonds is 5. The third kappa shape index (κ3) is 5.29. The third-order valence-electron chi connectivity index (χ3n) is 2.54. The molecule has 0 saturated carbocycles. The zero-order valence-corrected chi connectivity index (χ0v) is 11.6. The highest BCUT2D eigenvalue weighted by molar-refractivity contribution is 7.80. The molecule has 0 atom stereocenters. The first kappa shape index (κ1) is 14.1. The molecule has 1 rings (SSSR count). The second kappa shape index (κ2) is 6.12. The molecule has 17 heavy (non-hydrogen) atoms. The first-order valence-corrected chi connectivity index (χ1v) is 6.26. The van der Waals surface area contributed by atoms with Crippen LogP contribution in [-0.2, 0) is 11.3 Å². The maximum Gasteiger partial charge on any atom is 0.104 e. The van der Waals surface area contributed by atoms with Crippen molar-refractivity contribution in [1.29, 1.82) is 0 Å². The van der Waals surface area contributed by atoms with E-state index in [0.29, 0.717) is 17.0 Å². The average molecular weight is 251 g/mol. The maximum atomic E-state index is 5.67. The van der Waals surface area contributed by atoms with E-state index in [1.807, 2.05) is 24.3 Å². The minimum atomic E-state index is 0.308. The van der Waals surface area contributed by atoms with Gasteiger partial charge in [-0.25, -0.2) is 0 Å². The Bertz CT molecular complexity index is 382. The standard InChI is InChI=1S/C14H21NOS/c1-14(2,3)8-9-16-10-11-6-4-5-7-12(11)13(15)17/h4-7H,8-10H2,1-3H3,(H2,15,17). The molecule has 0 heterocycles. The summed E-state index contributed by atoms with van der Waals surface area (Å²) in [4.78, 5) is 0.431. The van der Waals surface area contributed by atoms with Gasteiger partial charge in [0.25, 0.3) is 0 Å². The Morgan fingerprint density at radius 1 is 1.29 bits per heavy atom. The van der Waals surface area contributed by atoms with Gasteiger partial charge in [-0.1, -0.05) is 57.3 Å². The fourth-order valence-corrected chi connectivity index (χ4v) is 1.65. The summed E-state index contributed by atoms with van der Waals surface area (Å²) in [6.07, 6.45) is 1.04. The lowest BCUT2D eigenvalue weighted by Gasteiger charge is -2.18. The summed E-state index contributed by atoms with van der Waals surface area (Å²) in [5.41, 5.74) is 7.95. The van der Waals surface area contributed by atoms with Crippen LogP contribution < -0.4 is 5.73 Å². The SMILES string of the molecule is CC(C)(C)CCOCc1ccccc1C(N)=S. The van der Waals surface area contributed by atoms with Gasteiger partial charge in [0.05, 0.1) is 6.61 Å². The minimum absolute atomic E-state index is 0.308. The lowest BCUT2D eigenvalue weighted by molar-refractivity contribution is 0.0961. The lowest BCUT2D eigenvalue weighted by atomic mass is 9.93. The van der Waals surface area contributed by atoms with E-state index in [9.17, 15) is 0 Å². The molecule has 0 radical (unpaired) electrons. The van der Waals surface area contributed by atoms with Crippen molar-refractivity contribution < 1.29 is 4.74 Å². The zero-order valence-electron chi connectivity index (χ0n) is 10.8. The van der Waals surface area contributed by atoms with Gasteiger partial charge in [0.1, 0.15) is 4.99 Å². The van der Waals surface area contributed by atoms with Crippen LogP contribution in [-0.4, -0.2) is 11.6 Å². The van der Waals surface area contributed by atoms with Crippen molar-refractivity contribution in [3.05, 3.63) is 35.4 Å². The molecule has 1 aromatic carbocycles. The van der Waals surface area contributed by atoms with E-state index in [0.717, 1.165) is 24.2 Å². The minimum Gasteiger partial charge on any atom is -0.389 e. The number of hydrogen-bond acceptors (Lipinski definition) is 2. The van der Waals surface area contributed by atoms with Gasteiger partial charge >= 0.3 is 0 Å². The Morgan fingerprint density at radius 2 is 1.94 bits per heavy atom. The van der Waals surface area contributed by atoms with E-state index in [-0.39, 0.29) is 0 Å². The Balaban J connectivity index is 2.49. The molecule has 0 aromatic heterocycles. The van der Waals surface area contributed by atoms with Crippen LogP contribution in [0.25, 0.3) is 0 Å². The van der Waals surface area contributed by atoms with Crippen LogP contribution in [0.1, 0.15) is 38.3 Å². The fraction of sp³-hybridized carbons (Fsp3) is 0.500. The summed E-state index contributed by atoms with van der Waals surface area (Å²) in [7, 11) is 0. The molecule has 0 aliphatic rings. The maximum absolute atomic E-state index is 5.67. The molecule has 2 nitrogen and oxygen atoms in total. The van der Waals surface area contributed by atoms with Crippen molar-refractivity contribution >= 4 is 17.2 Å².